The third-order valence-corrected chi connectivity index (χ3v) is 4.95. The Morgan fingerprint density at radius 2 is 1.97 bits per heavy atom. The highest BCUT2D eigenvalue weighted by Crippen LogP contribution is 2.36. The Bertz CT molecular complexity index is 1140. The van der Waals surface area contributed by atoms with Crippen LogP contribution in [0.3, 0.4) is 0 Å². The minimum Gasteiger partial charge on any atom is -0.501 e. The molecular weight excluding hydrogens is 400 g/mol. The van der Waals surface area contributed by atoms with Crippen LogP contribution in [0.4, 0.5) is 5.82 Å². The van der Waals surface area contributed by atoms with Crippen molar-refractivity contribution in [2.24, 2.45) is 0 Å². The van der Waals surface area contributed by atoms with Crippen molar-refractivity contribution in [3.05, 3.63) is 72.1 Å². The van der Waals surface area contributed by atoms with Crippen molar-refractivity contribution >= 4 is 17.6 Å². The summed E-state index contributed by atoms with van der Waals surface area (Å²) in [6, 6.07) is 11.3. The summed E-state index contributed by atoms with van der Waals surface area (Å²) in [4.78, 5) is 12.7. The van der Waals surface area contributed by atoms with Crippen molar-refractivity contribution in [1.29, 1.82) is 10.5 Å². The van der Waals surface area contributed by atoms with Crippen LogP contribution in [-0.4, -0.2) is 22.1 Å². The smallest absolute Gasteiger partial charge is 0.145 e. The Kier molecular flexibility index (Phi) is 6.83. The molecule has 3 aromatic rings. The molecule has 0 fully saturated rings. The van der Waals surface area contributed by atoms with Crippen LogP contribution in [0.5, 0.6) is 5.75 Å². The van der Waals surface area contributed by atoms with E-state index in [0.29, 0.717) is 27.8 Å². The number of aromatic nitrogens is 3. The maximum absolute atomic E-state index is 9.83. The summed E-state index contributed by atoms with van der Waals surface area (Å²) in [6.07, 6.45) is 7.66. The largest absolute Gasteiger partial charge is 0.501 e. The summed E-state index contributed by atoms with van der Waals surface area (Å²) in [6.45, 7) is 0. The molecule has 3 rings (SSSR count). The summed E-state index contributed by atoms with van der Waals surface area (Å²) in [7, 11) is 1.51. The Hall–Kier alpha value is -4.08. The van der Waals surface area contributed by atoms with E-state index in [4.69, 9.17) is 15.2 Å². The Labute approximate surface area is 177 Å². The summed E-state index contributed by atoms with van der Waals surface area (Å²) in [5, 5.41) is 19.9. The van der Waals surface area contributed by atoms with Crippen LogP contribution in [0.2, 0.25) is 0 Å². The van der Waals surface area contributed by atoms with Gasteiger partial charge < -0.3 is 15.2 Å². The van der Waals surface area contributed by atoms with Crippen molar-refractivity contribution < 1.29 is 9.47 Å². The van der Waals surface area contributed by atoms with Gasteiger partial charge in [-0.3, -0.25) is 9.97 Å². The number of hydrogen-bond acceptors (Lipinski definition) is 9. The number of ether oxygens (including phenoxy) is 2. The van der Waals surface area contributed by atoms with E-state index >= 15 is 0 Å². The predicted molar refractivity (Wildman–Crippen MR) is 112 cm³/mol. The van der Waals surface area contributed by atoms with Gasteiger partial charge in [-0.1, -0.05) is 6.07 Å². The summed E-state index contributed by atoms with van der Waals surface area (Å²) >= 11 is 1.35. The third kappa shape index (κ3) is 4.66. The van der Waals surface area contributed by atoms with Crippen molar-refractivity contribution in [1.82, 2.24) is 15.0 Å². The lowest BCUT2D eigenvalue weighted by atomic mass is 10.0. The molecule has 30 heavy (non-hydrogen) atoms. The van der Waals surface area contributed by atoms with E-state index in [9.17, 15) is 10.5 Å². The second-order valence-electron chi connectivity index (χ2n) is 5.81. The fourth-order valence-corrected chi connectivity index (χ4v) is 3.48. The first kappa shape index (κ1) is 20.6. The Balaban J connectivity index is 2.00. The SMILES string of the molecule is CO/C=C\Oc1ccc(-c2c(C#N)c(N)nc(SCc3cccnc3)c2C#N)nc1. The fraction of sp³-hybridized carbons (Fsp3) is 0.0952. The molecule has 0 saturated heterocycles. The second kappa shape index (κ2) is 9.92. The highest BCUT2D eigenvalue weighted by molar-refractivity contribution is 7.98. The van der Waals surface area contributed by atoms with Gasteiger partial charge in [-0.2, -0.15) is 10.5 Å². The van der Waals surface area contributed by atoms with E-state index in [1.165, 1.54) is 37.6 Å². The van der Waals surface area contributed by atoms with Gasteiger partial charge in [0.05, 0.1) is 24.6 Å². The van der Waals surface area contributed by atoms with Gasteiger partial charge in [0.15, 0.2) is 0 Å². The van der Waals surface area contributed by atoms with Gasteiger partial charge in [0.1, 0.15) is 46.8 Å². The molecule has 2 N–H and O–H groups in total. The van der Waals surface area contributed by atoms with E-state index < -0.39 is 0 Å². The Morgan fingerprint density at radius 1 is 1.13 bits per heavy atom. The normalized spacial score (nSPS) is 10.4. The highest BCUT2D eigenvalue weighted by atomic mass is 32.2. The number of pyridine rings is 3. The number of nitriles is 2. The number of nitrogens with zero attached hydrogens (tertiary/aromatic N) is 5. The number of methoxy groups -OCH3 is 1. The monoisotopic (exact) mass is 416 g/mol. The topological polar surface area (TPSA) is 131 Å². The molecule has 0 bridgehead atoms. The van der Waals surface area contributed by atoms with Gasteiger partial charge in [-0.05, 0) is 23.8 Å². The zero-order chi connectivity index (χ0) is 21.3. The quantitative estimate of drug-likeness (QED) is 0.453. The van der Waals surface area contributed by atoms with E-state index in [0.717, 1.165) is 5.56 Å². The van der Waals surface area contributed by atoms with Crippen molar-refractivity contribution in [2.75, 3.05) is 12.8 Å². The van der Waals surface area contributed by atoms with Gasteiger partial charge in [-0.15, -0.1) is 11.8 Å². The van der Waals surface area contributed by atoms with Crippen LogP contribution >= 0.6 is 11.8 Å². The van der Waals surface area contributed by atoms with Crippen LogP contribution in [0.25, 0.3) is 11.3 Å². The number of rotatable bonds is 7. The molecule has 0 amide bonds. The first-order chi connectivity index (χ1) is 14.7. The molecule has 148 valence electrons. The highest BCUT2D eigenvalue weighted by Gasteiger charge is 2.21. The van der Waals surface area contributed by atoms with E-state index in [-0.39, 0.29) is 16.9 Å². The predicted octanol–water partition coefficient (Wildman–Crippen LogP) is 3.65. The molecule has 0 aromatic carbocycles. The van der Waals surface area contributed by atoms with Gasteiger partial charge in [-0.25, -0.2) is 4.98 Å². The van der Waals surface area contributed by atoms with Crippen molar-refractivity contribution in [3.63, 3.8) is 0 Å². The van der Waals surface area contributed by atoms with E-state index in [2.05, 4.69) is 21.0 Å². The molecule has 0 aliphatic carbocycles. The van der Waals surface area contributed by atoms with Crippen molar-refractivity contribution in [3.8, 4) is 29.1 Å². The lowest BCUT2D eigenvalue weighted by Gasteiger charge is -2.12. The average molecular weight is 416 g/mol. The van der Waals surface area contributed by atoms with Gasteiger partial charge >= 0.3 is 0 Å². The molecule has 8 nitrogen and oxygen atoms in total. The molecule has 3 aromatic heterocycles. The molecule has 0 atom stereocenters. The molecule has 0 unspecified atom stereocenters. The average Bonchev–Trinajstić information content (AvgIpc) is 2.78. The van der Waals surface area contributed by atoms with E-state index in [1.807, 2.05) is 18.2 Å². The van der Waals surface area contributed by atoms with Gasteiger partial charge in [0.25, 0.3) is 0 Å². The standard InChI is InChI=1S/C21H16N6O2S/c1-28-7-8-29-15-4-5-18(26-12-15)19-16(9-22)20(24)27-21(17(19)10-23)30-13-14-3-2-6-25-11-14/h2-8,11-12H,13H2,1H3,(H2,24,27)/b8-7-. The fourth-order valence-electron chi connectivity index (χ4n) is 2.55. The lowest BCUT2D eigenvalue weighted by Crippen LogP contribution is -2.04. The first-order valence-corrected chi connectivity index (χ1v) is 9.62. The van der Waals surface area contributed by atoms with Crippen LogP contribution in [-0.2, 0) is 10.5 Å². The van der Waals surface area contributed by atoms with Crippen molar-refractivity contribution in [2.45, 2.75) is 10.8 Å². The molecule has 9 heteroatoms. The molecule has 0 saturated carbocycles. The third-order valence-electron chi connectivity index (χ3n) is 3.90. The molecule has 0 radical (unpaired) electrons. The molecular formula is C21H16N6O2S. The maximum Gasteiger partial charge on any atom is 0.145 e. The number of nitrogens with two attached hydrogens (primary N) is 1. The number of anilines is 1. The van der Waals surface area contributed by atoms with Gasteiger partial charge in [0, 0.05) is 23.7 Å². The molecule has 0 aliphatic rings. The Morgan fingerprint density at radius 3 is 2.60 bits per heavy atom. The van der Waals surface area contributed by atoms with Crippen LogP contribution < -0.4 is 10.5 Å². The number of thioether (sulfide) groups is 1. The van der Waals surface area contributed by atoms with Crippen LogP contribution in [0.1, 0.15) is 16.7 Å². The zero-order valence-corrected chi connectivity index (χ0v) is 16.8. The lowest BCUT2D eigenvalue weighted by molar-refractivity contribution is 0.319. The molecule has 0 spiro atoms. The minimum atomic E-state index is 0.0466. The summed E-state index contributed by atoms with van der Waals surface area (Å²) < 4.78 is 10.1. The first-order valence-electron chi connectivity index (χ1n) is 8.64. The molecule has 3 heterocycles. The molecule has 0 aliphatic heterocycles. The van der Waals surface area contributed by atoms with Gasteiger partial charge in [0.2, 0.25) is 0 Å². The zero-order valence-electron chi connectivity index (χ0n) is 15.9. The van der Waals surface area contributed by atoms with Crippen LogP contribution in [0.15, 0.2) is 60.4 Å². The number of hydrogen-bond donors (Lipinski definition) is 1. The van der Waals surface area contributed by atoms with E-state index in [1.54, 1.807) is 24.5 Å². The summed E-state index contributed by atoms with van der Waals surface area (Å²) in [5.74, 6) is 1.06. The minimum absolute atomic E-state index is 0.0466. The van der Waals surface area contributed by atoms with Crippen LogP contribution in [0, 0.1) is 22.7 Å². The number of nitrogen functional groups attached to an aromatic ring is 1. The maximum atomic E-state index is 9.83. The second-order valence-corrected chi connectivity index (χ2v) is 6.77. The summed E-state index contributed by atoms with van der Waals surface area (Å²) in [5.41, 5.74) is 8.12.